The lowest BCUT2D eigenvalue weighted by Gasteiger charge is -2.20. The molecule has 28 heavy (non-hydrogen) atoms. The topological polar surface area (TPSA) is 54.9 Å². The number of anilines is 1. The standard InChI is InChI=1S/C23H23ClN2O2/c1-16(17-9-5-3-6-10-17)25-22(18-11-7-4-8-12-18)23(27)26-19-13-14-21(28-2)20(24)15-19/h3-16,22,25H,1-2H3,(H,26,27)/p+1/t16-,22+/m1/s1. The molecule has 0 bridgehead atoms. The predicted molar refractivity (Wildman–Crippen MR) is 113 cm³/mol. The fourth-order valence-electron chi connectivity index (χ4n) is 3.13. The van der Waals surface area contributed by atoms with Gasteiger partial charge in [-0.3, -0.25) is 4.79 Å². The van der Waals surface area contributed by atoms with Crippen LogP contribution in [0.2, 0.25) is 5.02 Å². The van der Waals surface area contributed by atoms with E-state index >= 15 is 0 Å². The normalized spacial score (nSPS) is 12.8. The molecule has 0 aliphatic rings. The van der Waals surface area contributed by atoms with Crippen molar-refractivity contribution in [1.29, 1.82) is 0 Å². The second-order valence-electron chi connectivity index (χ2n) is 6.62. The molecule has 0 saturated carbocycles. The van der Waals surface area contributed by atoms with Crippen molar-refractivity contribution in [2.24, 2.45) is 0 Å². The third-order valence-corrected chi connectivity index (χ3v) is 4.96. The van der Waals surface area contributed by atoms with Gasteiger partial charge >= 0.3 is 0 Å². The number of methoxy groups -OCH3 is 1. The number of nitrogens with two attached hydrogens (primary N) is 1. The van der Waals surface area contributed by atoms with Gasteiger partial charge in [0, 0.05) is 16.8 Å². The van der Waals surface area contributed by atoms with Crippen LogP contribution in [0.4, 0.5) is 5.69 Å². The minimum atomic E-state index is -0.391. The van der Waals surface area contributed by atoms with Crippen molar-refractivity contribution in [2.45, 2.75) is 19.0 Å². The van der Waals surface area contributed by atoms with Crippen molar-refractivity contribution in [1.82, 2.24) is 0 Å². The van der Waals surface area contributed by atoms with E-state index in [4.69, 9.17) is 16.3 Å². The third kappa shape index (κ3) is 4.91. The Labute approximate surface area is 170 Å². The van der Waals surface area contributed by atoms with Crippen LogP contribution in [0.1, 0.15) is 30.1 Å². The van der Waals surface area contributed by atoms with Gasteiger partial charge in [-0.25, -0.2) is 0 Å². The highest BCUT2D eigenvalue weighted by molar-refractivity contribution is 6.32. The molecule has 0 saturated heterocycles. The molecule has 4 nitrogen and oxygen atoms in total. The van der Waals surface area contributed by atoms with Crippen molar-refractivity contribution < 1.29 is 14.8 Å². The van der Waals surface area contributed by atoms with Crippen molar-refractivity contribution in [3.05, 3.63) is 95.0 Å². The maximum absolute atomic E-state index is 13.1. The number of halogens is 1. The summed E-state index contributed by atoms with van der Waals surface area (Å²) in [6, 6.07) is 24.9. The fourth-order valence-corrected chi connectivity index (χ4v) is 3.39. The van der Waals surface area contributed by atoms with Crippen molar-refractivity contribution in [3.63, 3.8) is 0 Å². The number of hydrogen-bond donors (Lipinski definition) is 2. The SMILES string of the molecule is COc1ccc(NC(=O)[C@@H]([NH2+][C@H](C)c2ccccc2)c2ccccc2)cc1Cl. The second kappa shape index (κ2) is 9.40. The lowest BCUT2D eigenvalue weighted by molar-refractivity contribution is -0.718. The Balaban J connectivity index is 1.82. The first kappa shape index (κ1) is 19.9. The second-order valence-corrected chi connectivity index (χ2v) is 7.03. The summed E-state index contributed by atoms with van der Waals surface area (Å²) in [5, 5.41) is 5.51. The molecule has 2 atom stereocenters. The van der Waals surface area contributed by atoms with Crippen LogP contribution < -0.4 is 15.4 Å². The zero-order valence-corrected chi connectivity index (χ0v) is 16.7. The first-order valence-corrected chi connectivity index (χ1v) is 9.55. The molecular formula is C23H24ClN2O2+. The summed E-state index contributed by atoms with van der Waals surface area (Å²) < 4.78 is 5.17. The van der Waals surface area contributed by atoms with E-state index in [1.807, 2.05) is 48.5 Å². The average molecular weight is 396 g/mol. The van der Waals surface area contributed by atoms with E-state index in [0.29, 0.717) is 16.5 Å². The molecular weight excluding hydrogens is 372 g/mol. The van der Waals surface area contributed by atoms with Crippen molar-refractivity contribution >= 4 is 23.2 Å². The summed E-state index contributed by atoms with van der Waals surface area (Å²) in [4.78, 5) is 13.1. The van der Waals surface area contributed by atoms with Gasteiger partial charge in [0.15, 0.2) is 6.04 Å². The van der Waals surface area contributed by atoms with Gasteiger partial charge in [0.2, 0.25) is 0 Å². The number of benzene rings is 3. The van der Waals surface area contributed by atoms with Crippen molar-refractivity contribution in [2.75, 3.05) is 12.4 Å². The van der Waals surface area contributed by atoms with E-state index in [0.717, 1.165) is 5.56 Å². The molecule has 3 rings (SSSR count). The minimum Gasteiger partial charge on any atom is -0.495 e. The summed E-state index contributed by atoms with van der Waals surface area (Å²) in [5.41, 5.74) is 2.75. The maximum Gasteiger partial charge on any atom is 0.287 e. The maximum atomic E-state index is 13.1. The lowest BCUT2D eigenvalue weighted by atomic mass is 10.0. The van der Waals surface area contributed by atoms with Gasteiger partial charge in [-0.2, -0.15) is 0 Å². The average Bonchev–Trinajstić information content (AvgIpc) is 2.73. The summed E-state index contributed by atoms with van der Waals surface area (Å²) in [6.45, 7) is 2.10. The molecule has 144 valence electrons. The Morgan fingerprint density at radius 2 is 1.57 bits per heavy atom. The van der Waals surface area contributed by atoms with E-state index < -0.39 is 6.04 Å². The van der Waals surface area contributed by atoms with Gasteiger partial charge in [0.05, 0.1) is 12.1 Å². The summed E-state index contributed by atoms with van der Waals surface area (Å²) >= 11 is 6.19. The predicted octanol–water partition coefficient (Wildman–Crippen LogP) is 4.35. The molecule has 3 aromatic rings. The molecule has 3 aromatic carbocycles. The highest BCUT2D eigenvalue weighted by Gasteiger charge is 2.27. The monoisotopic (exact) mass is 395 g/mol. The molecule has 0 unspecified atom stereocenters. The summed E-state index contributed by atoms with van der Waals surface area (Å²) in [6.07, 6.45) is 0. The van der Waals surface area contributed by atoms with Gasteiger partial charge in [0.1, 0.15) is 11.8 Å². The Hall–Kier alpha value is -2.82. The molecule has 0 heterocycles. The molecule has 3 N–H and O–H groups in total. The van der Waals surface area contributed by atoms with E-state index in [2.05, 4.69) is 29.7 Å². The lowest BCUT2D eigenvalue weighted by Crippen LogP contribution is -2.87. The Kier molecular flexibility index (Phi) is 6.69. The van der Waals surface area contributed by atoms with Crippen LogP contribution in [0.3, 0.4) is 0 Å². The summed E-state index contributed by atoms with van der Waals surface area (Å²) in [5.74, 6) is 0.471. The minimum absolute atomic E-state index is 0.102. The van der Waals surface area contributed by atoms with Crippen LogP contribution in [-0.4, -0.2) is 13.0 Å². The van der Waals surface area contributed by atoms with Crippen LogP contribution in [-0.2, 0) is 4.79 Å². The van der Waals surface area contributed by atoms with E-state index in [9.17, 15) is 4.79 Å². The molecule has 5 heteroatoms. The molecule has 0 aliphatic carbocycles. The number of carbonyl (C=O) groups is 1. The first-order chi connectivity index (χ1) is 13.6. The molecule has 0 radical (unpaired) electrons. The van der Waals surface area contributed by atoms with Crippen LogP contribution in [0.25, 0.3) is 0 Å². The largest absolute Gasteiger partial charge is 0.495 e. The zero-order valence-electron chi connectivity index (χ0n) is 15.9. The number of amides is 1. The number of carbonyl (C=O) groups excluding carboxylic acids is 1. The molecule has 0 aliphatic heterocycles. The van der Waals surface area contributed by atoms with Gasteiger partial charge < -0.3 is 15.4 Å². The highest BCUT2D eigenvalue weighted by Crippen LogP contribution is 2.27. The number of ether oxygens (including phenoxy) is 1. The van der Waals surface area contributed by atoms with E-state index in [1.54, 1.807) is 25.3 Å². The van der Waals surface area contributed by atoms with Gasteiger partial charge in [-0.15, -0.1) is 0 Å². The van der Waals surface area contributed by atoms with Gasteiger partial charge in [-0.1, -0.05) is 72.3 Å². The van der Waals surface area contributed by atoms with E-state index in [1.165, 1.54) is 5.56 Å². The zero-order chi connectivity index (χ0) is 19.9. The van der Waals surface area contributed by atoms with Crippen LogP contribution in [0, 0.1) is 0 Å². The third-order valence-electron chi connectivity index (χ3n) is 4.67. The number of hydrogen-bond acceptors (Lipinski definition) is 2. The molecule has 0 spiro atoms. The Morgan fingerprint density at radius 3 is 2.14 bits per heavy atom. The molecule has 0 aromatic heterocycles. The first-order valence-electron chi connectivity index (χ1n) is 9.17. The summed E-state index contributed by atoms with van der Waals surface area (Å²) in [7, 11) is 1.56. The Bertz CT molecular complexity index is 916. The van der Waals surface area contributed by atoms with Gasteiger partial charge in [-0.05, 0) is 25.1 Å². The van der Waals surface area contributed by atoms with Crippen LogP contribution >= 0.6 is 11.6 Å². The Morgan fingerprint density at radius 1 is 0.964 bits per heavy atom. The molecule has 0 fully saturated rings. The smallest absolute Gasteiger partial charge is 0.287 e. The van der Waals surface area contributed by atoms with Gasteiger partial charge in [0.25, 0.3) is 5.91 Å². The number of nitrogens with one attached hydrogen (secondary N) is 1. The van der Waals surface area contributed by atoms with E-state index in [-0.39, 0.29) is 11.9 Å². The quantitative estimate of drug-likeness (QED) is 0.624. The highest BCUT2D eigenvalue weighted by atomic mass is 35.5. The van der Waals surface area contributed by atoms with Crippen LogP contribution in [0.15, 0.2) is 78.9 Å². The van der Waals surface area contributed by atoms with Crippen molar-refractivity contribution in [3.8, 4) is 5.75 Å². The fraction of sp³-hybridized carbons (Fsp3) is 0.174. The van der Waals surface area contributed by atoms with Crippen LogP contribution in [0.5, 0.6) is 5.75 Å². The molecule has 1 amide bonds. The number of rotatable bonds is 7. The number of quaternary nitrogens is 1.